The molecule has 7 heteroatoms. The highest BCUT2D eigenvalue weighted by atomic mass is 16.5. The van der Waals surface area contributed by atoms with E-state index in [-0.39, 0.29) is 41.3 Å². The van der Waals surface area contributed by atoms with Crippen LogP contribution in [0.5, 0.6) is 5.75 Å². The molecular formula is C23H32N4O3. The quantitative estimate of drug-likeness (QED) is 0.794. The number of carbonyl (C=O) groups excluding carboxylic acids is 2. The summed E-state index contributed by atoms with van der Waals surface area (Å²) >= 11 is 0. The summed E-state index contributed by atoms with van der Waals surface area (Å²) in [7, 11) is 0. The maximum absolute atomic E-state index is 13.0. The van der Waals surface area contributed by atoms with Gasteiger partial charge in [0.15, 0.2) is 5.96 Å². The van der Waals surface area contributed by atoms with E-state index in [0.717, 1.165) is 23.3 Å². The zero-order valence-corrected chi connectivity index (χ0v) is 18.5. The molecule has 0 spiro atoms. The third-order valence-corrected chi connectivity index (χ3v) is 6.20. The van der Waals surface area contributed by atoms with Crippen LogP contribution in [-0.4, -0.2) is 40.4 Å². The van der Waals surface area contributed by atoms with Crippen molar-refractivity contribution in [3.05, 3.63) is 29.3 Å². The van der Waals surface area contributed by atoms with Crippen LogP contribution in [0.4, 0.5) is 0 Å². The van der Waals surface area contributed by atoms with Crippen molar-refractivity contribution in [3.8, 4) is 5.75 Å². The van der Waals surface area contributed by atoms with E-state index < -0.39 is 5.54 Å². The molecule has 3 atom stereocenters. The van der Waals surface area contributed by atoms with Crippen molar-refractivity contribution in [2.75, 3.05) is 6.54 Å². The van der Waals surface area contributed by atoms with Gasteiger partial charge in [-0.2, -0.15) is 0 Å². The number of nitrogens with one attached hydrogen (secondary N) is 1. The predicted octanol–water partition coefficient (Wildman–Crippen LogP) is 2.68. The van der Waals surface area contributed by atoms with Gasteiger partial charge in [0, 0.05) is 24.4 Å². The van der Waals surface area contributed by atoms with Crippen molar-refractivity contribution in [2.24, 2.45) is 22.6 Å². The Bertz CT molecular complexity index is 921. The van der Waals surface area contributed by atoms with E-state index in [4.69, 9.17) is 10.5 Å². The normalized spacial score (nSPS) is 28.8. The van der Waals surface area contributed by atoms with E-state index in [9.17, 15) is 9.59 Å². The molecule has 162 valence electrons. The van der Waals surface area contributed by atoms with E-state index in [0.29, 0.717) is 19.4 Å². The van der Waals surface area contributed by atoms with Gasteiger partial charge in [-0.3, -0.25) is 14.5 Å². The summed E-state index contributed by atoms with van der Waals surface area (Å²) in [6, 6.07) is 6.04. The molecule has 7 nitrogen and oxygen atoms in total. The van der Waals surface area contributed by atoms with Gasteiger partial charge in [0.1, 0.15) is 11.4 Å². The standard InChI is InChI=1S/C23H32N4O3/c1-13-6-7-15-17(10-23(4,5)30-18(15)8-13)25-20(29)16-9-14(16)12-27-19(28)11-22(2,3)26-21(27)24/h6-8,14,16-17H,9-12H2,1-5H3,(H2,24,26)(H,25,29)/t14-,16+,17-/m0/s1. The number of hydrogen-bond donors (Lipinski definition) is 2. The van der Waals surface area contributed by atoms with Crippen molar-refractivity contribution in [3.63, 3.8) is 0 Å². The second-order valence-electron chi connectivity index (χ2n) is 10.2. The number of aryl methyl sites for hydroxylation is 1. The first-order valence-electron chi connectivity index (χ1n) is 10.7. The number of benzene rings is 1. The molecule has 30 heavy (non-hydrogen) atoms. The monoisotopic (exact) mass is 412 g/mol. The predicted molar refractivity (Wildman–Crippen MR) is 115 cm³/mol. The molecule has 1 aromatic rings. The molecule has 1 aromatic carbocycles. The molecule has 0 saturated heterocycles. The molecule has 0 radical (unpaired) electrons. The van der Waals surface area contributed by atoms with E-state index >= 15 is 0 Å². The van der Waals surface area contributed by atoms with E-state index in [2.05, 4.69) is 10.3 Å². The molecular weight excluding hydrogens is 380 g/mol. The van der Waals surface area contributed by atoms with Gasteiger partial charge in [-0.15, -0.1) is 0 Å². The Morgan fingerprint density at radius 3 is 2.77 bits per heavy atom. The molecule has 2 aliphatic heterocycles. The number of nitrogens with zero attached hydrogens (tertiary/aromatic N) is 2. The number of nitrogens with two attached hydrogens (primary N) is 1. The Kier molecular flexibility index (Phi) is 4.83. The fraction of sp³-hybridized carbons (Fsp3) is 0.609. The lowest BCUT2D eigenvalue weighted by Crippen LogP contribution is -2.50. The molecule has 0 unspecified atom stereocenters. The van der Waals surface area contributed by atoms with Crippen molar-refractivity contribution in [1.82, 2.24) is 10.2 Å². The minimum Gasteiger partial charge on any atom is -0.487 e. The molecule has 3 N–H and O–H groups in total. The summed E-state index contributed by atoms with van der Waals surface area (Å²) in [5.41, 5.74) is 7.38. The Hall–Kier alpha value is -2.57. The van der Waals surface area contributed by atoms with E-state index in [1.807, 2.05) is 52.8 Å². The Morgan fingerprint density at radius 1 is 1.33 bits per heavy atom. The summed E-state index contributed by atoms with van der Waals surface area (Å²) < 4.78 is 6.13. The highest BCUT2D eigenvalue weighted by Gasteiger charge is 2.47. The number of rotatable bonds is 4. The molecule has 1 aliphatic carbocycles. The zero-order chi connectivity index (χ0) is 21.8. The number of carbonyl (C=O) groups is 2. The first kappa shape index (κ1) is 20.7. The fourth-order valence-electron chi connectivity index (χ4n) is 4.57. The summed E-state index contributed by atoms with van der Waals surface area (Å²) in [6.45, 7) is 10.4. The molecule has 2 amide bonds. The van der Waals surface area contributed by atoms with Gasteiger partial charge in [0.25, 0.3) is 0 Å². The average Bonchev–Trinajstić information content (AvgIpc) is 3.35. The fourth-order valence-corrected chi connectivity index (χ4v) is 4.57. The van der Waals surface area contributed by atoms with Crippen LogP contribution in [0.1, 0.15) is 64.1 Å². The third-order valence-electron chi connectivity index (χ3n) is 6.20. The molecule has 0 bridgehead atoms. The number of hydrogen-bond acceptors (Lipinski definition) is 5. The third kappa shape index (κ3) is 4.16. The van der Waals surface area contributed by atoms with Gasteiger partial charge in [-0.05, 0) is 58.6 Å². The second kappa shape index (κ2) is 7.00. The Balaban J connectivity index is 1.41. The van der Waals surface area contributed by atoms with Crippen LogP contribution in [0.15, 0.2) is 23.2 Å². The van der Waals surface area contributed by atoms with E-state index in [1.165, 1.54) is 0 Å². The maximum Gasteiger partial charge on any atom is 0.231 e. The van der Waals surface area contributed by atoms with Crippen molar-refractivity contribution in [1.29, 1.82) is 0 Å². The smallest absolute Gasteiger partial charge is 0.231 e. The van der Waals surface area contributed by atoms with Gasteiger partial charge in [-0.1, -0.05) is 12.1 Å². The molecule has 1 saturated carbocycles. The first-order chi connectivity index (χ1) is 13.9. The summed E-state index contributed by atoms with van der Waals surface area (Å²) in [4.78, 5) is 31.4. The molecule has 1 fully saturated rings. The summed E-state index contributed by atoms with van der Waals surface area (Å²) in [5, 5.41) is 3.23. The zero-order valence-electron chi connectivity index (χ0n) is 18.5. The van der Waals surface area contributed by atoms with Crippen LogP contribution >= 0.6 is 0 Å². The topological polar surface area (TPSA) is 97.0 Å². The average molecular weight is 413 g/mol. The summed E-state index contributed by atoms with van der Waals surface area (Å²) in [5.74, 6) is 1.14. The van der Waals surface area contributed by atoms with Crippen LogP contribution in [0.25, 0.3) is 0 Å². The second-order valence-corrected chi connectivity index (χ2v) is 10.2. The molecule has 3 aliphatic rings. The van der Waals surface area contributed by atoms with Gasteiger partial charge in [0.05, 0.1) is 18.0 Å². The lowest BCUT2D eigenvalue weighted by atomic mass is 9.89. The molecule has 4 rings (SSSR count). The first-order valence-corrected chi connectivity index (χ1v) is 10.7. The SMILES string of the molecule is Cc1ccc2c(c1)OC(C)(C)C[C@@H]2NC(=O)[C@@H]1C[C@H]1CN1C(=O)CC(C)(C)N=C1N. The lowest BCUT2D eigenvalue weighted by molar-refractivity contribution is -0.130. The number of guanidine groups is 1. The van der Waals surface area contributed by atoms with Crippen molar-refractivity contribution in [2.45, 2.75) is 71.1 Å². The Labute approximate surface area is 178 Å². The Morgan fingerprint density at radius 2 is 2.07 bits per heavy atom. The van der Waals surface area contributed by atoms with Crippen molar-refractivity contribution >= 4 is 17.8 Å². The van der Waals surface area contributed by atoms with Crippen LogP contribution in [0.2, 0.25) is 0 Å². The highest BCUT2D eigenvalue weighted by Crippen LogP contribution is 2.43. The minimum absolute atomic E-state index is 0.0194. The number of aliphatic imine (C=N–C) groups is 1. The number of amides is 2. The highest BCUT2D eigenvalue weighted by molar-refractivity contribution is 5.99. The maximum atomic E-state index is 13.0. The van der Waals surface area contributed by atoms with E-state index in [1.54, 1.807) is 4.90 Å². The minimum atomic E-state index is -0.459. The van der Waals surface area contributed by atoms with Gasteiger partial charge in [0.2, 0.25) is 11.8 Å². The number of ether oxygens (including phenoxy) is 1. The van der Waals surface area contributed by atoms with Crippen LogP contribution in [-0.2, 0) is 9.59 Å². The van der Waals surface area contributed by atoms with Gasteiger partial charge in [-0.25, -0.2) is 4.99 Å². The molecule has 0 aromatic heterocycles. The summed E-state index contributed by atoms with van der Waals surface area (Å²) in [6.07, 6.45) is 1.82. The van der Waals surface area contributed by atoms with Crippen LogP contribution < -0.4 is 15.8 Å². The van der Waals surface area contributed by atoms with Crippen LogP contribution in [0.3, 0.4) is 0 Å². The van der Waals surface area contributed by atoms with Gasteiger partial charge < -0.3 is 15.8 Å². The lowest BCUT2D eigenvalue weighted by Gasteiger charge is -2.38. The van der Waals surface area contributed by atoms with Crippen molar-refractivity contribution < 1.29 is 14.3 Å². The molecule has 2 heterocycles. The van der Waals surface area contributed by atoms with Crippen LogP contribution in [0, 0.1) is 18.8 Å². The van der Waals surface area contributed by atoms with Gasteiger partial charge >= 0.3 is 0 Å². The number of fused-ring (bicyclic) bond motifs is 1. The largest absolute Gasteiger partial charge is 0.487 e.